The number of amides is 1. The third kappa shape index (κ3) is 4.53. The average Bonchev–Trinajstić information content (AvgIpc) is 2.65. The van der Waals surface area contributed by atoms with Crippen molar-refractivity contribution in [1.29, 1.82) is 5.26 Å². The molecule has 2 N–H and O–H groups in total. The molecule has 3 aromatic rings. The van der Waals surface area contributed by atoms with Crippen molar-refractivity contribution in [2.24, 2.45) is 0 Å². The normalized spacial score (nSPS) is 10.1. The Morgan fingerprint density at radius 3 is 2.37 bits per heavy atom. The molecule has 0 bridgehead atoms. The first kappa shape index (κ1) is 18.6. The highest BCUT2D eigenvalue weighted by molar-refractivity contribution is 6.39. The molecule has 2 aromatic carbocycles. The summed E-state index contributed by atoms with van der Waals surface area (Å²) in [6, 6.07) is 15.2. The van der Waals surface area contributed by atoms with Crippen LogP contribution >= 0.6 is 23.2 Å². The number of aromatic nitrogens is 2. The first-order valence-electron chi connectivity index (χ1n) is 7.84. The maximum Gasteiger partial charge on any atom is 0.274 e. The number of benzene rings is 2. The number of hydrogen-bond donors (Lipinski definition) is 2. The lowest BCUT2D eigenvalue weighted by Crippen LogP contribution is -2.15. The Morgan fingerprint density at radius 1 is 1.07 bits per heavy atom. The SMILES string of the molecule is Cc1nc(Nc2c(Cl)cccc2Cl)cc(C(=O)Nc2ccc(C#N)cc2)n1. The van der Waals surface area contributed by atoms with E-state index in [4.69, 9.17) is 28.5 Å². The van der Waals surface area contributed by atoms with E-state index in [2.05, 4.69) is 20.6 Å². The second-order valence-electron chi connectivity index (χ2n) is 5.55. The van der Waals surface area contributed by atoms with E-state index in [1.807, 2.05) is 6.07 Å². The molecule has 6 nitrogen and oxygen atoms in total. The molecule has 8 heteroatoms. The molecule has 0 saturated heterocycles. The zero-order valence-electron chi connectivity index (χ0n) is 14.1. The Bertz CT molecular complexity index is 1020. The van der Waals surface area contributed by atoms with Gasteiger partial charge in [0.1, 0.15) is 17.3 Å². The average molecular weight is 398 g/mol. The van der Waals surface area contributed by atoms with Crippen LogP contribution in [-0.4, -0.2) is 15.9 Å². The van der Waals surface area contributed by atoms with Crippen LogP contribution in [0.4, 0.5) is 17.2 Å². The van der Waals surface area contributed by atoms with Crippen molar-refractivity contribution in [3.63, 3.8) is 0 Å². The van der Waals surface area contributed by atoms with Crippen LogP contribution in [-0.2, 0) is 0 Å². The summed E-state index contributed by atoms with van der Waals surface area (Å²) in [6.45, 7) is 1.68. The van der Waals surface area contributed by atoms with Crippen LogP contribution in [0, 0.1) is 18.3 Å². The highest BCUT2D eigenvalue weighted by Crippen LogP contribution is 2.32. The van der Waals surface area contributed by atoms with Gasteiger partial charge < -0.3 is 10.6 Å². The lowest BCUT2D eigenvalue weighted by Gasteiger charge is -2.11. The maximum atomic E-state index is 12.5. The zero-order valence-corrected chi connectivity index (χ0v) is 15.6. The summed E-state index contributed by atoms with van der Waals surface area (Å²) in [7, 11) is 0. The third-order valence-electron chi connectivity index (χ3n) is 3.56. The topological polar surface area (TPSA) is 90.7 Å². The number of nitrogens with zero attached hydrogens (tertiary/aromatic N) is 3. The summed E-state index contributed by atoms with van der Waals surface area (Å²) in [5, 5.41) is 15.5. The molecule has 1 amide bonds. The number of rotatable bonds is 4. The number of para-hydroxylation sites is 1. The molecule has 0 aliphatic rings. The molecular formula is C19H13Cl2N5O. The summed E-state index contributed by atoms with van der Waals surface area (Å²) in [5.41, 5.74) is 1.74. The van der Waals surface area contributed by atoms with Crippen molar-refractivity contribution in [2.45, 2.75) is 6.92 Å². The lowest BCUT2D eigenvalue weighted by atomic mass is 10.2. The van der Waals surface area contributed by atoms with Crippen LogP contribution in [0.3, 0.4) is 0 Å². The smallest absolute Gasteiger partial charge is 0.274 e. The van der Waals surface area contributed by atoms with Gasteiger partial charge in [0.15, 0.2) is 0 Å². The Kier molecular flexibility index (Phi) is 5.55. The summed E-state index contributed by atoms with van der Waals surface area (Å²) in [6.07, 6.45) is 0. The van der Waals surface area contributed by atoms with Crippen molar-refractivity contribution >= 4 is 46.3 Å². The van der Waals surface area contributed by atoms with Crippen LogP contribution in [0.2, 0.25) is 10.0 Å². The van der Waals surface area contributed by atoms with Crippen molar-refractivity contribution < 1.29 is 4.79 Å². The summed E-state index contributed by atoms with van der Waals surface area (Å²) >= 11 is 12.3. The maximum absolute atomic E-state index is 12.5. The fourth-order valence-electron chi connectivity index (χ4n) is 2.32. The number of anilines is 3. The van der Waals surface area contributed by atoms with Crippen molar-refractivity contribution in [2.75, 3.05) is 10.6 Å². The van der Waals surface area contributed by atoms with E-state index in [1.54, 1.807) is 49.4 Å². The first-order valence-corrected chi connectivity index (χ1v) is 8.60. The highest BCUT2D eigenvalue weighted by atomic mass is 35.5. The van der Waals surface area contributed by atoms with Crippen LogP contribution in [0.15, 0.2) is 48.5 Å². The molecule has 1 heterocycles. The fourth-order valence-corrected chi connectivity index (χ4v) is 2.81. The first-order chi connectivity index (χ1) is 13.0. The molecule has 0 aliphatic carbocycles. The molecule has 1 aromatic heterocycles. The quantitative estimate of drug-likeness (QED) is 0.648. The summed E-state index contributed by atoms with van der Waals surface area (Å²) in [5.74, 6) is 0.397. The lowest BCUT2D eigenvalue weighted by molar-refractivity contribution is 0.102. The minimum atomic E-state index is -0.404. The molecule has 0 atom stereocenters. The fraction of sp³-hybridized carbons (Fsp3) is 0.0526. The molecule has 0 saturated carbocycles. The van der Waals surface area contributed by atoms with Gasteiger partial charge >= 0.3 is 0 Å². The summed E-state index contributed by atoms with van der Waals surface area (Å²) < 4.78 is 0. The second-order valence-corrected chi connectivity index (χ2v) is 6.36. The van der Waals surface area contributed by atoms with Gasteiger partial charge in [-0.3, -0.25) is 4.79 Å². The number of aryl methyl sites for hydroxylation is 1. The number of halogens is 2. The third-order valence-corrected chi connectivity index (χ3v) is 4.19. The molecule has 3 rings (SSSR count). The molecule has 0 unspecified atom stereocenters. The van der Waals surface area contributed by atoms with E-state index >= 15 is 0 Å². The van der Waals surface area contributed by atoms with Gasteiger partial charge in [0.25, 0.3) is 5.91 Å². The van der Waals surface area contributed by atoms with Crippen LogP contribution < -0.4 is 10.6 Å². The van der Waals surface area contributed by atoms with E-state index in [-0.39, 0.29) is 5.69 Å². The van der Waals surface area contributed by atoms with Gasteiger partial charge in [0.2, 0.25) is 0 Å². The van der Waals surface area contributed by atoms with Gasteiger partial charge in [-0.05, 0) is 43.3 Å². The van der Waals surface area contributed by atoms with Gasteiger partial charge in [-0.1, -0.05) is 29.3 Å². The molecule has 0 fully saturated rings. The van der Waals surface area contributed by atoms with Crippen LogP contribution in [0.25, 0.3) is 0 Å². The number of carbonyl (C=O) groups excluding carboxylic acids is 1. The predicted octanol–water partition coefficient (Wildman–Crippen LogP) is 4.96. The Balaban J connectivity index is 1.84. The van der Waals surface area contributed by atoms with E-state index in [9.17, 15) is 4.79 Å². The van der Waals surface area contributed by atoms with Gasteiger partial charge in [0.05, 0.1) is 27.4 Å². The largest absolute Gasteiger partial charge is 0.338 e. The van der Waals surface area contributed by atoms with Gasteiger partial charge in [-0.15, -0.1) is 0 Å². The zero-order chi connectivity index (χ0) is 19.4. The summed E-state index contributed by atoms with van der Waals surface area (Å²) in [4.78, 5) is 20.9. The van der Waals surface area contributed by atoms with Crippen molar-refractivity contribution in [1.82, 2.24) is 9.97 Å². The van der Waals surface area contributed by atoms with Crippen molar-refractivity contribution in [3.05, 3.63) is 75.7 Å². The number of hydrogen-bond acceptors (Lipinski definition) is 5. The standard InChI is InChI=1S/C19H13Cl2N5O/c1-11-23-16(19(27)25-13-7-5-12(10-22)6-8-13)9-17(24-11)26-18-14(20)3-2-4-15(18)21/h2-9H,1H3,(H,25,27)(H,23,24,26). The Labute approximate surface area is 165 Å². The number of nitriles is 1. The molecule has 0 radical (unpaired) electrons. The predicted molar refractivity (Wildman–Crippen MR) is 106 cm³/mol. The van der Waals surface area contributed by atoms with E-state index in [1.165, 1.54) is 6.07 Å². The van der Waals surface area contributed by atoms with Crippen LogP contribution in [0.1, 0.15) is 21.9 Å². The van der Waals surface area contributed by atoms with Crippen molar-refractivity contribution in [3.8, 4) is 6.07 Å². The number of carbonyl (C=O) groups is 1. The Hall–Kier alpha value is -3.14. The monoisotopic (exact) mass is 397 g/mol. The Morgan fingerprint density at radius 2 is 1.74 bits per heavy atom. The molecule has 27 heavy (non-hydrogen) atoms. The molecule has 134 valence electrons. The van der Waals surface area contributed by atoms with Crippen LogP contribution in [0.5, 0.6) is 0 Å². The van der Waals surface area contributed by atoms with Gasteiger partial charge in [-0.25, -0.2) is 9.97 Å². The van der Waals surface area contributed by atoms with E-state index < -0.39 is 5.91 Å². The molecule has 0 aliphatic heterocycles. The highest BCUT2D eigenvalue weighted by Gasteiger charge is 2.13. The number of nitrogens with one attached hydrogen (secondary N) is 2. The van der Waals surface area contributed by atoms with E-state index in [0.717, 1.165) is 0 Å². The minimum absolute atomic E-state index is 0.178. The minimum Gasteiger partial charge on any atom is -0.338 e. The van der Waals surface area contributed by atoms with Gasteiger partial charge in [-0.2, -0.15) is 5.26 Å². The molecule has 0 spiro atoms. The second kappa shape index (κ2) is 8.04. The van der Waals surface area contributed by atoms with Gasteiger partial charge in [0, 0.05) is 11.8 Å². The molecular weight excluding hydrogens is 385 g/mol. The van der Waals surface area contributed by atoms with E-state index in [0.29, 0.717) is 38.6 Å².